The van der Waals surface area contributed by atoms with E-state index in [0.29, 0.717) is 32.4 Å². The molecule has 1 saturated heterocycles. The predicted molar refractivity (Wildman–Crippen MR) is 86.8 cm³/mol. The molecule has 1 aliphatic heterocycles. The Bertz CT molecular complexity index is 641. The summed E-state index contributed by atoms with van der Waals surface area (Å²) in [5.74, 6) is -1.80. The highest BCUT2D eigenvalue weighted by Crippen LogP contribution is 2.34. The highest BCUT2D eigenvalue weighted by Gasteiger charge is 2.41. The van der Waals surface area contributed by atoms with Crippen molar-refractivity contribution in [2.24, 2.45) is 11.8 Å². The van der Waals surface area contributed by atoms with E-state index in [1.807, 2.05) is 29.2 Å². The van der Waals surface area contributed by atoms with Gasteiger partial charge in [-0.25, -0.2) is 0 Å². The van der Waals surface area contributed by atoms with E-state index in [2.05, 4.69) is 5.32 Å². The van der Waals surface area contributed by atoms with E-state index in [-0.39, 0.29) is 11.8 Å². The number of likely N-dealkylation sites (tertiary alicyclic amines) is 1. The summed E-state index contributed by atoms with van der Waals surface area (Å²) >= 11 is 0. The lowest BCUT2D eigenvalue weighted by Gasteiger charge is -2.31. The monoisotopic (exact) mass is 330 g/mol. The lowest BCUT2D eigenvalue weighted by Crippen LogP contribution is -2.43. The van der Waals surface area contributed by atoms with E-state index in [1.165, 1.54) is 0 Å². The number of carbonyl (C=O) groups excluding carboxylic acids is 2. The van der Waals surface area contributed by atoms with Crippen LogP contribution in [0.5, 0.6) is 0 Å². The van der Waals surface area contributed by atoms with Gasteiger partial charge in [-0.2, -0.15) is 0 Å². The Morgan fingerprint density at radius 1 is 1.12 bits per heavy atom. The molecule has 1 aliphatic carbocycles. The zero-order valence-corrected chi connectivity index (χ0v) is 13.5. The van der Waals surface area contributed by atoms with Crippen LogP contribution in [0, 0.1) is 11.8 Å². The van der Waals surface area contributed by atoms with Crippen molar-refractivity contribution in [2.45, 2.75) is 38.8 Å². The van der Waals surface area contributed by atoms with Crippen molar-refractivity contribution in [1.82, 2.24) is 10.2 Å². The summed E-state index contributed by atoms with van der Waals surface area (Å²) in [5, 5.41) is 11.8. The van der Waals surface area contributed by atoms with Crippen LogP contribution < -0.4 is 5.32 Å². The SMILES string of the molecule is O=C(O)C1CCC1C(=O)NCc1ccc(CN2CCCC2=O)cc1. The van der Waals surface area contributed by atoms with Gasteiger partial charge in [-0.05, 0) is 30.4 Å². The van der Waals surface area contributed by atoms with Gasteiger partial charge in [0.1, 0.15) is 0 Å². The summed E-state index contributed by atoms with van der Waals surface area (Å²) < 4.78 is 0. The number of hydrogen-bond donors (Lipinski definition) is 2. The van der Waals surface area contributed by atoms with E-state index in [4.69, 9.17) is 5.11 Å². The van der Waals surface area contributed by atoms with Crippen LogP contribution in [0.2, 0.25) is 0 Å². The third-order valence-corrected chi connectivity index (χ3v) is 4.96. The molecule has 6 heteroatoms. The number of carboxylic acids is 1. The topological polar surface area (TPSA) is 86.7 Å². The van der Waals surface area contributed by atoms with Crippen LogP contribution >= 0.6 is 0 Å². The number of nitrogens with one attached hydrogen (secondary N) is 1. The molecule has 0 bridgehead atoms. The van der Waals surface area contributed by atoms with Crippen molar-refractivity contribution >= 4 is 17.8 Å². The fourth-order valence-corrected chi connectivity index (χ4v) is 3.28. The summed E-state index contributed by atoms with van der Waals surface area (Å²) in [5.41, 5.74) is 2.04. The second kappa shape index (κ2) is 7.03. The van der Waals surface area contributed by atoms with E-state index in [1.54, 1.807) is 0 Å². The van der Waals surface area contributed by atoms with Crippen LogP contribution in [0.3, 0.4) is 0 Å². The zero-order chi connectivity index (χ0) is 17.1. The summed E-state index contributed by atoms with van der Waals surface area (Å²) in [6, 6.07) is 7.81. The lowest BCUT2D eigenvalue weighted by molar-refractivity contribution is -0.152. The van der Waals surface area contributed by atoms with Crippen LogP contribution in [0.15, 0.2) is 24.3 Å². The molecule has 2 fully saturated rings. The molecule has 0 aromatic heterocycles. The third kappa shape index (κ3) is 3.58. The molecule has 2 unspecified atom stereocenters. The molecule has 6 nitrogen and oxygen atoms in total. The fourth-order valence-electron chi connectivity index (χ4n) is 3.28. The summed E-state index contributed by atoms with van der Waals surface area (Å²) in [4.78, 5) is 36.5. The van der Waals surface area contributed by atoms with Crippen LogP contribution in [0.4, 0.5) is 0 Å². The molecule has 24 heavy (non-hydrogen) atoms. The van der Waals surface area contributed by atoms with Gasteiger partial charge in [0.2, 0.25) is 11.8 Å². The third-order valence-electron chi connectivity index (χ3n) is 4.96. The molecule has 0 radical (unpaired) electrons. The van der Waals surface area contributed by atoms with Crippen LogP contribution in [-0.4, -0.2) is 34.3 Å². The van der Waals surface area contributed by atoms with Crippen molar-refractivity contribution in [3.8, 4) is 0 Å². The van der Waals surface area contributed by atoms with Gasteiger partial charge in [0, 0.05) is 26.1 Å². The summed E-state index contributed by atoms with van der Waals surface area (Å²) in [7, 11) is 0. The molecule has 2 N–H and O–H groups in total. The van der Waals surface area contributed by atoms with Crippen LogP contribution in [0.25, 0.3) is 0 Å². The van der Waals surface area contributed by atoms with E-state index in [0.717, 1.165) is 24.1 Å². The highest BCUT2D eigenvalue weighted by molar-refractivity contribution is 5.86. The highest BCUT2D eigenvalue weighted by atomic mass is 16.4. The van der Waals surface area contributed by atoms with Gasteiger partial charge in [0.15, 0.2) is 0 Å². The quantitative estimate of drug-likeness (QED) is 0.828. The molecule has 3 rings (SSSR count). The van der Waals surface area contributed by atoms with Crippen LogP contribution in [0.1, 0.15) is 36.8 Å². The van der Waals surface area contributed by atoms with Gasteiger partial charge < -0.3 is 15.3 Å². The molecule has 2 amide bonds. The average Bonchev–Trinajstić information content (AvgIpc) is 2.90. The molecule has 0 spiro atoms. The minimum Gasteiger partial charge on any atom is -0.481 e. The molecule has 128 valence electrons. The lowest BCUT2D eigenvalue weighted by atomic mass is 9.73. The number of carbonyl (C=O) groups is 3. The Balaban J connectivity index is 1.48. The largest absolute Gasteiger partial charge is 0.481 e. The molecule has 1 aromatic carbocycles. The minimum atomic E-state index is -0.887. The first-order valence-corrected chi connectivity index (χ1v) is 8.40. The standard InChI is InChI=1S/C18H22N2O4/c21-16-2-1-9-20(16)11-13-5-3-12(4-6-13)10-19-17(22)14-7-8-15(14)18(23)24/h3-6,14-15H,1-2,7-11H2,(H,19,22)(H,23,24). The Labute approximate surface area is 140 Å². The Kier molecular flexibility index (Phi) is 4.83. The number of amides is 2. The maximum atomic E-state index is 12.0. The number of benzene rings is 1. The number of hydrogen-bond acceptors (Lipinski definition) is 3. The zero-order valence-electron chi connectivity index (χ0n) is 13.5. The van der Waals surface area contributed by atoms with E-state index in [9.17, 15) is 14.4 Å². The van der Waals surface area contributed by atoms with Gasteiger partial charge in [0.25, 0.3) is 0 Å². The van der Waals surface area contributed by atoms with E-state index >= 15 is 0 Å². The molecule has 2 aliphatic rings. The average molecular weight is 330 g/mol. The molecule has 1 saturated carbocycles. The number of aliphatic carboxylic acids is 1. The van der Waals surface area contributed by atoms with Crippen molar-refractivity contribution in [3.05, 3.63) is 35.4 Å². The summed E-state index contributed by atoms with van der Waals surface area (Å²) in [6.07, 6.45) is 2.80. The number of nitrogens with zero attached hydrogens (tertiary/aromatic N) is 1. The molecule has 1 aromatic rings. The smallest absolute Gasteiger partial charge is 0.307 e. The predicted octanol–water partition coefficient (Wildman–Crippen LogP) is 1.54. The van der Waals surface area contributed by atoms with Crippen molar-refractivity contribution < 1.29 is 19.5 Å². The normalized spacial score (nSPS) is 23.0. The Morgan fingerprint density at radius 3 is 2.33 bits per heavy atom. The Hall–Kier alpha value is -2.37. The number of rotatable bonds is 6. The van der Waals surface area contributed by atoms with Crippen LogP contribution in [-0.2, 0) is 27.5 Å². The minimum absolute atomic E-state index is 0.180. The molecular formula is C18H22N2O4. The molecule has 1 heterocycles. The van der Waals surface area contributed by atoms with Gasteiger partial charge in [0.05, 0.1) is 11.8 Å². The maximum Gasteiger partial charge on any atom is 0.307 e. The Morgan fingerprint density at radius 2 is 1.79 bits per heavy atom. The van der Waals surface area contributed by atoms with Gasteiger partial charge >= 0.3 is 5.97 Å². The van der Waals surface area contributed by atoms with Gasteiger partial charge in [-0.3, -0.25) is 14.4 Å². The maximum absolute atomic E-state index is 12.0. The second-order valence-corrected chi connectivity index (χ2v) is 6.58. The van der Waals surface area contributed by atoms with Gasteiger partial charge in [-0.15, -0.1) is 0 Å². The van der Waals surface area contributed by atoms with Crippen molar-refractivity contribution in [1.29, 1.82) is 0 Å². The first kappa shape index (κ1) is 16.5. The molecular weight excluding hydrogens is 308 g/mol. The molecule has 2 atom stereocenters. The fraction of sp³-hybridized carbons (Fsp3) is 0.500. The first-order chi connectivity index (χ1) is 11.5. The summed E-state index contributed by atoms with van der Waals surface area (Å²) in [6.45, 7) is 1.85. The van der Waals surface area contributed by atoms with Crippen molar-refractivity contribution in [3.63, 3.8) is 0 Å². The van der Waals surface area contributed by atoms with Gasteiger partial charge in [-0.1, -0.05) is 24.3 Å². The number of carboxylic acid groups (broad SMARTS) is 1. The second-order valence-electron chi connectivity index (χ2n) is 6.58. The van der Waals surface area contributed by atoms with E-state index < -0.39 is 17.8 Å². The first-order valence-electron chi connectivity index (χ1n) is 8.40. The van der Waals surface area contributed by atoms with Crippen molar-refractivity contribution in [2.75, 3.05) is 6.54 Å².